The number of phenols is 1. The van der Waals surface area contributed by atoms with Crippen molar-refractivity contribution in [1.82, 2.24) is 5.32 Å². The van der Waals surface area contributed by atoms with Gasteiger partial charge in [-0.05, 0) is 31.0 Å². The van der Waals surface area contributed by atoms with Crippen molar-refractivity contribution < 1.29 is 5.11 Å². The Morgan fingerprint density at radius 2 is 2.11 bits per heavy atom. The summed E-state index contributed by atoms with van der Waals surface area (Å²) in [6.07, 6.45) is 2.26. The molecule has 4 heteroatoms. The number of halogens is 1. The van der Waals surface area contributed by atoms with E-state index in [-0.39, 0.29) is 12.1 Å². The third-order valence-corrected chi connectivity index (χ3v) is 3.53. The molecule has 0 amide bonds. The van der Waals surface area contributed by atoms with Crippen LogP contribution in [0.5, 0.6) is 5.75 Å². The van der Waals surface area contributed by atoms with Gasteiger partial charge in [-0.2, -0.15) is 5.26 Å². The molecule has 0 spiro atoms. The van der Waals surface area contributed by atoms with Gasteiger partial charge in [-0.3, -0.25) is 0 Å². The normalized spacial score (nSPS) is 13.9. The van der Waals surface area contributed by atoms with Crippen molar-refractivity contribution in [1.29, 1.82) is 5.26 Å². The molecule has 98 valence electrons. The predicted octanol–water partition coefficient (Wildman–Crippen LogP) is 3.89. The summed E-state index contributed by atoms with van der Waals surface area (Å²) in [5, 5.41) is 22.1. The summed E-state index contributed by atoms with van der Waals surface area (Å²) in [7, 11) is 0. The highest BCUT2D eigenvalue weighted by atomic mass is 79.9. The zero-order valence-electron chi connectivity index (χ0n) is 10.8. The third kappa shape index (κ3) is 4.01. The highest BCUT2D eigenvalue weighted by Gasteiger charge is 2.17. The van der Waals surface area contributed by atoms with Crippen molar-refractivity contribution in [3.63, 3.8) is 0 Å². The second-order valence-electron chi connectivity index (χ2n) is 4.30. The molecule has 1 aromatic carbocycles. The van der Waals surface area contributed by atoms with Crippen LogP contribution in [0.25, 0.3) is 0 Å². The van der Waals surface area contributed by atoms with Gasteiger partial charge in [0.25, 0.3) is 0 Å². The predicted molar refractivity (Wildman–Crippen MR) is 76.3 cm³/mol. The number of nitrogens with one attached hydrogen (secondary N) is 1. The maximum absolute atomic E-state index is 9.93. The first-order valence-electron chi connectivity index (χ1n) is 6.23. The van der Waals surface area contributed by atoms with Crippen molar-refractivity contribution in [2.45, 2.75) is 45.2 Å². The Labute approximate surface area is 117 Å². The van der Waals surface area contributed by atoms with Crippen molar-refractivity contribution in [3.8, 4) is 11.8 Å². The first-order chi connectivity index (χ1) is 8.62. The quantitative estimate of drug-likeness (QED) is 0.838. The Morgan fingerprint density at radius 1 is 1.39 bits per heavy atom. The molecule has 18 heavy (non-hydrogen) atoms. The van der Waals surface area contributed by atoms with Crippen LogP contribution in [0.15, 0.2) is 22.7 Å². The minimum absolute atomic E-state index is 0.0702. The molecule has 2 atom stereocenters. The molecule has 0 aliphatic carbocycles. The number of nitriles is 1. The Balaban J connectivity index is 2.88. The van der Waals surface area contributed by atoms with Crippen molar-refractivity contribution >= 4 is 15.9 Å². The molecule has 0 fully saturated rings. The first kappa shape index (κ1) is 15.0. The van der Waals surface area contributed by atoms with E-state index in [0.717, 1.165) is 22.9 Å². The van der Waals surface area contributed by atoms with Gasteiger partial charge in [-0.25, -0.2) is 0 Å². The SMILES string of the molecule is CCC(CC#N)NC(CC)c1cc(Br)ccc1O. The molecular formula is C14H19BrN2O. The lowest BCUT2D eigenvalue weighted by Gasteiger charge is -2.23. The van der Waals surface area contributed by atoms with Gasteiger partial charge in [-0.1, -0.05) is 29.8 Å². The van der Waals surface area contributed by atoms with Crippen molar-refractivity contribution in [2.75, 3.05) is 0 Å². The molecule has 0 aliphatic heterocycles. The summed E-state index contributed by atoms with van der Waals surface area (Å²) in [5.74, 6) is 0.296. The Hall–Kier alpha value is -1.05. The maximum Gasteiger partial charge on any atom is 0.120 e. The first-order valence-corrected chi connectivity index (χ1v) is 7.03. The molecule has 2 unspecified atom stereocenters. The van der Waals surface area contributed by atoms with E-state index in [4.69, 9.17) is 5.26 Å². The van der Waals surface area contributed by atoms with Crippen LogP contribution in [0.3, 0.4) is 0 Å². The van der Waals surface area contributed by atoms with Gasteiger partial charge >= 0.3 is 0 Å². The number of rotatable bonds is 6. The Morgan fingerprint density at radius 3 is 2.67 bits per heavy atom. The average molecular weight is 311 g/mol. The summed E-state index contributed by atoms with van der Waals surface area (Å²) in [4.78, 5) is 0. The number of nitrogens with zero attached hydrogens (tertiary/aromatic N) is 1. The van der Waals surface area contributed by atoms with Crippen LogP contribution < -0.4 is 5.32 Å². The molecule has 0 saturated heterocycles. The number of aromatic hydroxyl groups is 1. The minimum Gasteiger partial charge on any atom is -0.508 e. The van der Waals surface area contributed by atoms with Crippen LogP contribution in [0.1, 0.15) is 44.7 Å². The summed E-state index contributed by atoms with van der Waals surface area (Å²) >= 11 is 3.42. The van der Waals surface area contributed by atoms with E-state index in [0.29, 0.717) is 12.2 Å². The molecule has 0 aliphatic rings. The van der Waals surface area contributed by atoms with E-state index in [1.807, 2.05) is 12.1 Å². The van der Waals surface area contributed by atoms with Crippen LogP contribution >= 0.6 is 15.9 Å². The Bertz CT molecular complexity index is 428. The van der Waals surface area contributed by atoms with Crippen molar-refractivity contribution in [3.05, 3.63) is 28.2 Å². The molecule has 1 aromatic rings. The number of hydrogen-bond acceptors (Lipinski definition) is 3. The fourth-order valence-electron chi connectivity index (χ4n) is 1.95. The average Bonchev–Trinajstić information content (AvgIpc) is 2.37. The van der Waals surface area contributed by atoms with Gasteiger partial charge < -0.3 is 10.4 Å². The zero-order valence-corrected chi connectivity index (χ0v) is 12.4. The molecule has 1 rings (SSSR count). The minimum atomic E-state index is 0.0702. The van der Waals surface area contributed by atoms with Crippen LogP contribution in [-0.4, -0.2) is 11.1 Å². The number of phenolic OH excluding ortho intramolecular Hbond substituents is 1. The lowest BCUT2D eigenvalue weighted by atomic mass is 10.0. The standard InChI is InChI=1S/C14H19BrN2O/c1-3-11(7-8-16)17-13(4-2)12-9-10(15)5-6-14(12)18/h5-6,9,11,13,17-18H,3-4,7H2,1-2H3. The lowest BCUT2D eigenvalue weighted by molar-refractivity contribution is 0.398. The summed E-state index contributed by atoms with van der Waals surface area (Å²) in [5.41, 5.74) is 0.878. The van der Waals surface area contributed by atoms with Crippen LogP contribution in [0.4, 0.5) is 0 Å². The molecule has 0 aromatic heterocycles. The van der Waals surface area contributed by atoms with E-state index in [1.165, 1.54) is 0 Å². The van der Waals surface area contributed by atoms with Gasteiger partial charge in [-0.15, -0.1) is 0 Å². The fourth-order valence-corrected chi connectivity index (χ4v) is 2.33. The molecule has 0 bridgehead atoms. The van der Waals surface area contributed by atoms with E-state index in [2.05, 4.69) is 41.2 Å². The lowest BCUT2D eigenvalue weighted by Crippen LogP contribution is -2.32. The Kier molecular flexibility index (Phi) is 6.17. The summed E-state index contributed by atoms with van der Waals surface area (Å²) < 4.78 is 0.948. The zero-order chi connectivity index (χ0) is 13.5. The smallest absolute Gasteiger partial charge is 0.120 e. The largest absolute Gasteiger partial charge is 0.508 e. The van der Waals surface area contributed by atoms with Gasteiger partial charge in [0.15, 0.2) is 0 Å². The maximum atomic E-state index is 9.93. The van der Waals surface area contributed by atoms with E-state index < -0.39 is 0 Å². The van der Waals surface area contributed by atoms with Crippen LogP contribution in [0.2, 0.25) is 0 Å². The van der Waals surface area contributed by atoms with Crippen molar-refractivity contribution in [2.24, 2.45) is 0 Å². The van der Waals surface area contributed by atoms with Gasteiger partial charge in [0.2, 0.25) is 0 Å². The molecule has 3 nitrogen and oxygen atoms in total. The van der Waals surface area contributed by atoms with Gasteiger partial charge in [0.05, 0.1) is 12.5 Å². The topological polar surface area (TPSA) is 56.0 Å². The second-order valence-corrected chi connectivity index (χ2v) is 5.21. The molecule has 0 radical (unpaired) electrons. The van der Waals surface area contributed by atoms with Gasteiger partial charge in [0.1, 0.15) is 5.75 Å². The molecular weight excluding hydrogens is 292 g/mol. The van der Waals surface area contributed by atoms with E-state index in [1.54, 1.807) is 6.07 Å². The fraction of sp³-hybridized carbons (Fsp3) is 0.500. The van der Waals surface area contributed by atoms with Gasteiger partial charge in [0, 0.05) is 22.1 Å². The number of hydrogen-bond donors (Lipinski definition) is 2. The van der Waals surface area contributed by atoms with Crippen LogP contribution in [-0.2, 0) is 0 Å². The number of benzene rings is 1. The van der Waals surface area contributed by atoms with Crippen LogP contribution in [0, 0.1) is 11.3 Å². The summed E-state index contributed by atoms with van der Waals surface area (Å²) in [6, 6.07) is 7.86. The molecule has 2 N–H and O–H groups in total. The highest BCUT2D eigenvalue weighted by molar-refractivity contribution is 9.10. The van der Waals surface area contributed by atoms with E-state index in [9.17, 15) is 5.11 Å². The molecule has 0 saturated carbocycles. The summed E-state index contributed by atoms with van der Waals surface area (Å²) in [6.45, 7) is 4.12. The second kappa shape index (κ2) is 7.40. The van der Waals surface area contributed by atoms with E-state index >= 15 is 0 Å². The highest BCUT2D eigenvalue weighted by Crippen LogP contribution is 2.30. The monoisotopic (exact) mass is 310 g/mol. The third-order valence-electron chi connectivity index (χ3n) is 3.04. The molecule has 0 heterocycles.